The van der Waals surface area contributed by atoms with E-state index in [1.54, 1.807) is 12.3 Å². The molecule has 4 nitrogen and oxygen atoms in total. The van der Waals surface area contributed by atoms with Crippen molar-refractivity contribution in [3.8, 4) is 0 Å². The van der Waals surface area contributed by atoms with Gasteiger partial charge in [0.2, 0.25) is 0 Å². The Labute approximate surface area is 131 Å². The minimum absolute atomic E-state index is 0.0400. The third-order valence-electron chi connectivity index (χ3n) is 3.71. The van der Waals surface area contributed by atoms with Gasteiger partial charge in [0.1, 0.15) is 5.15 Å². The van der Waals surface area contributed by atoms with E-state index in [1.165, 1.54) is 0 Å². The molecule has 1 unspecified atom stereocenters. The molecule has 0 aromatic carbocycles. The molecule has 20 heavy (non-hydrogen) atoms. The first kappa shape index (κ1) is 14.3. The van der Waals surface area contributed by atoms with Crippen LogP contribution in [-0.2, 0) is 4.74 Å². The standard InChI is InChI=1S/C14H16BrClN2O2/c15-9-6-12(13(16)17-7-9)14(19)18(10-3-4-10)8-11-2-1-5-20-11/h6-7,10-11H,1-5,8H2. The zero-order valence-electron chi connectivity index (χ0n) is 11.0. The predicted molar refractivity (Wildman–Crippen MR) is 80.0 cm³/mol. The average molecular weight is 360 g/mol. The van der Waals surface area contributed by atoms with E-state index in [0.717, 1.165) is 36.8 Å². The summed E-state index contributed by atoms with van der Waals surface area (Å²) >= 11 is 9.40. The monoisotopic (exact) mass is 358 g/mol. The van der Waals surface area contributed by atoms with E-state index in [2.05, 4.69) is 20.9 Å². The maximum atomic E-state index is 12.7. The largest absolute Gasteiger partial charge is 0.376 e. The molecule has 1 aliphatic carbocycles. The Hall–Kier alpha value is -0.650. The van der Waals surface area contributed by atoms with Crippen molar-refractivity contribution in [3.63, 3.8) is 0 Å². The lowest BCUT2D eigenvalue weighted by molar-refractivity contribution is 0.0506. The van der Waals surface area contributed by atoms with Gasteiger partial charge in [-0.15, -0.1) is 0 Å². The number of rotatable bonds is 4. The summed E-state index contributed by atoms with van der Waals surface area (Å²) in [5.41, 5.74) is 0.464. The Bertz CT molecular complexity index is 516. The fraction of sp³-hybridized carbons (Fsp3) is 0.571. The van der Waals surface area contributed by atoms with Crippen LogP contribution >= 0.6 is 27.5 Å². The van der Waals surface area contributed by atoms with Crippen molar-refractivity contribution in [3.05, 3.63) is 27.5 Å². The van der Waals surface area contributed by atoms with Gasteiger partial charge in [-0.2, -0.15) is 0 Å². The molecule has 1 aliphatic heterocycles. The normalized spacial score (nSPS) is 22.0. The Morgan fingerprint density at radius 1 is 1.50 bits per heavy atom. The van der Waals surface area contributed by atoms with Crippen molar-refractivity contribution in [1.82, 2.24) is 9.88 Å². The Morgan fingerprint density at radius 2 is 2.30 bits per heavy atom. The highest BCUT2D eigenvalue weighted by Crippen LogP contribution is 2.31. The van der Waals surface area contributed by atoms with Crippen molar-refractivity contribution in [2.45, 2.75) is 37.8 Å². The highest BCUT2D eigenvalue weighted by molar-refractivity contribution is 9.10. The third kappa shape index (κ3) is 3.15. The highest BCUT2D eigenvalue weighted by atomic mass is 79.9. The van der Waals surface area contributed by atoms with Crippen LogP contribution < -0.4 is 0 Å². The minimum Gasteiger partial charge on any atom is -0.376 e. The molecule has 0 spiro atoms. The van der Waals surface area contributed by atoms with Crippen LogP contribution in [0.5, 0.6) is 0 Å². The summed E-state index contributed by atoms with van der Waals surface area (Å²) in [4.78, 5) is 18.7. The van der Waals surface area contributed by atoms with Crippen LogP contribution in [0.4, 0.5) is 0 Å². The quantitative estimate of drug-likeness (QED) is 0.775. The molecule has 1 saturated heterocycles. The van der Waals surface area contributed by atoms with E-state index >= 15 is 0 Å². The van der Waals surface area contributed by atoms with Gasteiger partial charge in [0.15, 0.2) is 0 Å². The summed E-state index contributed by atoms with van der Waals surface area (Å²) < 4.78 is 6.41. The van der Waals surface area contributed by atoms with Crippen molar-refractivity contribution < 1.29 is 9.53 Å². The molecule has 1 saturated carbocycles. The molecule has 1 aromatic rings. The Kier molecular flexibility index (Phi) is 4.29. The van der Waals surface area contributed by atoms with E-state index in [9.17, 15) is 4.79 Å². The summed E-state index contributed by atoms with van der Waals surface area (Å²) in [7, 11) is 0. The molecule has 1 aromatic heterocycles. The van der Waals surface area contributed by atoms with Crippen molar-refractivity contribution >= 4 is 33.4 Å². The van der Waals surface area contributed by atoms with Crippen molar-refractivity contribution in [1.29, 1.82) is 0 Å². The van der Waals surface area contributed by atoms with Crippen LogP contribution in [0.25, 0.3) is 0 Å². The van der Waals surface area contributed by atoms with Crippen LogP contribution in [0.15, 0.2) is 16.7 Å². The first-order chi connectivity index (χ1) is 9.65. The number of halogens is 2. The molecule has 2 aliphatic rings. The molecule has 3 rings (SSSR count). The number of amides is 1. The van der Waals surface area contributed by atoms with Gasteiger partial charge in [0.05, 0.1) is 11.7 Å². The van der Waals surface area contributed by atoms with E-state index < -0.39 is 0 Å². The van der Waals surface area contributed by atoms with Gasteiger partial charge in [-0.1, -0.05) is 11.6 Å². The van der Waals surface area contributed by atoms with E-state index in [4.69, 9.17) is 16.3 Å². The van der Waals surface area contributed by atoms with E-state index in [-0.39, 0.29) is 17.2 Å². The fourth-order valence-electron chi connectivity index (χ4n) is 2.52. The van der Waals surface area contributed by atoms with Crippen LogP contribution in [0.3, 0.4) is 0 Å². The lowest BCUT2D eigenvalue weighted by Gasteiger charge is -2.25. The van der Waals surface area contributed by atoms with E-state index in [0.29, 0.717) is 18.2 Å². The molecule has 0 bridgehead atoms. The zero-order chi connectivity index (χ0) is 14.1. The number of carbonyl (C=O) groups excluding carboxylic acids is 1. The molecular formula is C14H16BrClN2O2. The second-order valence-corrected chi connectivity index (χ2v) is 6.59. The first-order valence-electron chi connectivity index (χ1n) is 6.89. The molecule has 1 atom stereocenters. The molecule has 6 heteroatoms. The predicted octanol–water partition coefficient (Wildman–Crippen LogP) is 3.28. The molecule has 2 heterocycles. The van der Waals surface area contributed by atoms with Crippen LogP contribution in [0, 0.1) is 0 Å². The van der Waals surface area contributed by atoms with Crippen LogP contribution in [0.2, 0.25) is 5.15 Å². The summed E-state index contributed by atoms with van der Waals surface area (Å²) in [6, 6.07) is 2.07. The fourth-order valence-corrected chi connectivity index (χ4v) is 3.03. The second kappa shape index (κ2) is 6.00. The second-order valence-electron chi connectivity index (χ2n) is 5.32. The SMILES string of the molecule is O=C(c1cc(Br)cnc1Cl)N(CC1CCCO1)C1CC1. The summed E-state index contributed by atoms with van der Waals surface area (Å²) in [5.74, 6) is -0.0400. The molecule has 2 fully saturated rings. The smallest absolute Gasteiger partial charge is 0.257 e. The number of ether oxygens (including phenoxy) is 1. The van der Waals surface area contributed by atoms with Crippen LogP contribution in [-0.4, -0.2) is 41.1 Å². The number of nitrogens with zero attached hydrogens (tertiary/aromatic N) is 2. The number of aromatic nitrogens is 1. The highest BCUT2D eigenvalue weighted by Gasteiger charge is 2.36. The number of hydrogen-bond acceptors (Lipinski definition) is 3. The lowest BCUT2D eigenvalue weighted by Crippen LogP contribution is -2.39. The van der Waals surface area contributed by atoms with Gasteiger partial charge in [0, 0.05) is 29.9 Å². The third-order valence-corrected chi connectivity index (χ3v) is 4.44. The molecule has 1 amide bonds. The van der Waals surface area contributed by atoms with Crippen molar-refractivity contribution in [2.24, 2.45) is 0 Å². The van der Waals surface area contributed by atoms with Gasteiger partial charge in [-0.05, 0) is 47.7 Å². The van der Waals surface area contributed by atoms with Crippen LogP contribution in [0.1, 0.15) is 36.0 Å². The lowest BCUT2D eigenvalue weighted by atomic mass is 10.2. The molecule has 0 radical (unpaired) electrons. The van der Waals surface area contributed by atoms with E-state index in [1.807, 2.05) is 4.90 Å². The van der Waals surface area contributed by atoms with Gasteiger partial charge in [-0.3, -0.25) is 4.79 Å². The first-order valence-corrected chi connectivity index (χ1v) is 8.06. The number of hydrogen-bond donors (Lipinski definition) is 0. The Balaban J connectivity index is 1.79. The van der Waals surface area contributed by atoms with Gasteiger partial charge >= 0.3 is 0 Å². The average Bonchev–Trinajstić information content (AvgIpc) is 3.15. The maximum Gasteiger partial charge on any atom is 0.257 e. The zero-order valence-corrected chi connectivity index (χ0v) is 13.4. The van der Waals surface area contributed by atoms with Gasteiger partial charge in [-0.25, -0.2) is 4.98 Å². The maximum absolute atomic E-state index is 12.7. The van der Waals surface area contributed by atoms with Crippen molar-refractivity contribution in [2.75, 3.05) is 13.2 Å². The Morgan fingerprint density at radius 3 is 2.95 bits per heavy atom. The topological polar surface area (TPSA) is 42.4 Å². The summed E-state index contributed by atoms with van der Waals surface area (Å²) in [6.07, 6.45) is 6.01. The minimum atomic E-state index is -0.0400. The van der Waals surface area contributed by atoms with Gasteiger partial charge < -0.3 is 9.64 Å². The van der Waals surface area contributed by atoms with Gasteiger partial charge in [0.25, 0.3) is 5.91 Å². The number of carbonyl (C=O) groups is 1. The molecular weight excluding hydrogens is 344 g/mol. The number of pyridine rings is 1. The summed E-state index contributed by atoms with van der Waals surface area (Å²) in [6.45, 7) is 1.46. The summed E-state index contributed by atoms with van der Waals surface area (Å²) in [5, 5.41) is 0.260. The molecule has 108 valence electrons. The molecule has 0 N–H and O–H groups in total.